The van der Waals surface area contributed by atoms with E-state index in [1.807, 2.05) is 13.8 Å². The second-order valence-corrected chi connectivity index (χ2v) is 4.63. The SMILES string of the molecule is CC1OCCC1(C)Nc1ncnc(NN)c1[N+](=O)[O-]. The zero-order valence-corrected chi connectivity index (χ0v) is 10.7. The molecule has 9 nitrogen and oxygen atoms in total. The Balaban J connectivity index is 2.37. The molecule has 4 N–H and O–H groups in total. The van der Waals surface area contributed by atoms with Crippen molar-refractivity contribution in [1.29, 1.82) is 0 Å². The highest BCUT2D eigenvalue weighted by Crippen LogP contribution is 2.34. The van der Waals surface area contributed by atoms with Crippen LogP contribution >= 0.6 is 0 Å². The fourth-order valence-corrected chi connectivity index (χ4v) is 2.02. The van der Waals surface area contributed by atoms with Crippen LogP contribution in [-0.4, -0.2) is 33.1 Å². The van der Waals surface area contributed by atoms with Crippen molar-refractivity contribution in [2.24, 2.45) is 5.84 Å². The number of aromatic nitrogens is 2. The number of anilines is 2. The number of nitrogens with two attached hydrogens (primary N) is 1. The Labute approximate surface area is 109 Å². The first kappa shape index (κ1) is 13.4. The molecule has 104 valence electrons. The minimum atomic E-state index is -0.568. The summed E-state index contributed by atoms with van der Waals surface area (Å²) in [6.07, 6.45) is 1.88. The van der Waals surface area contributed by atoms with Gasteiger partial charge in [0.05, 0.1) is 16.6 Å². The molecule has 1 aromatic rings. The molecular formula is C10H16N6O3. The number of nitrogen functional groups attached to an aromatic ring is 1. The predicted octanol–water partition coefficient (Wildman–Crippen LogP) is 0.650. The lowest BCUT2D eigenvalue weighted by molar-refractivity contribution is -0.383. The molecule has 1 aliphatic rings. The molecule has 0 saturated carbocycles. The van der Waals surface area contributed by atoms with Gasteiger partial charge in [-0.25, -0.2) is 15.8 Å². The van der Waals surface area contributed by atoms with Gasteiger partial charge in [0.1, 0.15) is 6.33 Å². The monoisotopic (exact) mass is 268 g/mol. The normalized spacial score (nSPS) is 26.2. The molecule has 1 fully saturated rings. The van der Waals surface area contributed by atoms with Crippen LogP contribution in [0.25, 0.3) is 0 Å². The van der Waals surface area contributed by atoms with Crippen LogP contribution in [0.4, 0.5) is 17.3 Å². The fraction of sp³-hybridized carbons (Fsp3) is 0.600. The number of nitrogens with zero attached hydrogens (tertiary/aromatic N) is 3. The molecule has 0 aromatic carbocycles. The van der Waals surface area contributed by atoms with Gasteiger partial charge in [0.15, 0.2) is 0 Å². The van der Waals surface area contributed by atoms with Crippen LogP contribution in [0.1, 0.15) is 20.3 Å². The number of hydrogen-bond acceptors (Lipinski definition) is 8. The minimum Gasteiger partial charge on any atom is -0.376 e. The summed E-state index contributed by atoms with van der Waals surface area (Å²) < 4.78 is 5.48. The molecule has 2 heterocycles. The molecule has 0 aliphatic carbocycles. The van der Waals surface area contributed by atoms with Gasteiger partial charge in [-0.05, 0) is 20.3 Å². The Morgan fingerprint density at radius 2 is 2.26 bits per heavy atom. The summed E-state index contributed by atoms with van der Waals surface area (Å²) in [7, 11) is 0. The molecule has 0 radical (unpaired) electrons. The first-order valence-electron chi connectivity index (χ1n) is 5.83. The van der Waals surface area contributed by atoms with Crippen LogP contribution < -0.4 is 16.6 Å². The summed E-state index contributed by atoms with van der Waals surface area (Å²) in [5.41, 5.74) is 1.52. The van der Waals surface area contributed by atoms with Gasteiger partial charge in [-0.3, -0.25) is 10.1 Å². The van der Waals surface area contributed by atoms with Gasteiger partial charge in [0, 0.05) is 6.61 Å². The second-order valence-electron chi connectivity index (χ2n) is 4.63. The van der Waals surface area contributed by atoms with E-state index in [2.05, 4.69) is 20.7 Å². The van der Waals surface area contributed by atoms with Gasteiger partial charge >= 0.3 is 5.69 Å². The quantitative estimate of drug-likeness (QED) is 0.412. The zero-order valence-electron chi connectivity index (χ0n) is 10.7. The largest absolute Gasteiger partial charge is 0.376 e. The van der Waals surface area contributed by atoms with Crippen LogP contribution in [-0.2, 0) is 4.74 Å². The Hall–Kier alpha value is -2.00. The van der Waals surface area contributed by atoms with Crippen LogP contribution in [0.2, 0.25) is 0 Å². The van der Waals surface area contributed by atoms with Crippen LogP contribution in [0.3, 0.4) is 0 Å². The average Bonchev–Trinajstić information content (AvgIpc) is 2.68. The minimum absolute atomic E-state index is 0.0299. The van der Waals surface area contributed by atoms with Gasteiger partial charge in [0.2, 0.25) is 11.6 Å². The number of nitrogens with one attached hydrogen (secondary N) is 2. The third-order valence-corrected chi connectivity index (χ3v) is 3.43. The highest BCUT2D eigenvalue weighted by Gasteiger charge is 2.39. The van der Waals surface area contributed by atoms with Gasteiger partial charge in [-0.15, -0.1) is 0 Å². The summed E-state index contributed by atoms with van der Waals surface area (Å²) in [5, 5.41) is 14.2. The average molecular weight is 268 g/mol. The smallest absolute Gasteiger partial charge is 0.354 e. The van der Waals surface area contributed by atoms with E-state index >= 15 is 0 Å². The lowest BCUT2D eigenvalue weighted by Gasteiger charge is -2.29. The highest BCUT2D eigenvalue weighted by atomic mass is 16.6. The van der Waals surface area contributed by atoms with Crippen molar-refractivity contribution in [2.75, 3.05) is 17.3 Å². The summed E-state index contributed by atoms with van der Waals surface area (Å²) in [4.78, 5) is 18.2. The molecule has 2 unspecified atom stereocenters. The van der Waals surface area contributed by atoms with Gasteiger partial charge in [-0.2, -0.15) is 0 Å². The maximum absolute atomic E-state index is 11.1. The summed E-state index contributed by atoms with van der Waals surface area (Å²) in [6.45, 7) is 4.45. The molecule has 9 heteroatoms. The first-order valence-corrected chi connectivity index (χ1v) is 5.83. The van der Waals surface area contributed by atoms with Gasteiger partial charge in [0.25, 0.3) is 0 Å². The summed E-state index contributed by atoms with van der Waals surface area (Å²) >= 11 is 0. The molecule has 1 aliphatic heterocycles. The molecule has 2 atom stereocenters. The van der Waals surface area contributed by atoms with E-state index in [-0.39, 0.29) is 23.4 Å². The highest BCUT2D eigenvalue weighted by molar-refractivity contribution is 5.69. The Morgan fingerprint density at radius 1 is 1.58 bits per heavy atom. The Morgan fingerprint density at radius 3 is 2.79 bits per heavy atom. The number of nitro groups is 1. The number of hydrazine groups is 1. The van der Waals surface area contributed by atoms with E-state index < -0.39 is 10.5 Å². The molecule has 0 bridgehead atoms. The molecule has 1 saturated heterocycles. The lowest BCUT2D eigenvalue weighted by Crippen LogP contribution is -2.41. The van der Waals surface area contributed by atoms with Crippen LogP contribution in [0.15, 0.2) is 6.33 Å². The van der Waals surface area contributed by atoms with Crippen molar-refractivity contribution < 1.29 is 9.66 Å². The second kappa shape index (κ2) is 4.94. The van der Waals surface area contributed by atoms with Gasteiger partial charge in [-0.1, -0.05) is 0 Å². The fourth-order valence-electron chi connectivity index (χ4n) is 2.02. The Bertz CT molecular complexity index is 496. The van der Waals surface area contributed by atoms with E-state index in [0.717, 1.165) is 6.42 Å². The van der Waals surface area contributed by atoms with E-state index in [4.69, 9.17) is 10.6 Å². The van der Waals surface area contributed by atoms with E-state index in [0.29, 0.717) is 6.61 Å². The lowest BCUT2D eigenvalue weighted by atomic mass is 9.94. The summed E-state index contributed by atoms with van der Waals surface area (Å²) in [6, 6.07) is 0. The van der Waals surface area contributed by atoms with Gasteiger partial charge < -0.3 is 15.5 Å². The zero-order chi connectivity index (χ0) is 14.0. The molecule has 1 aromatic heterocycles. The maximum atomic E-state index is 11.1. The van der Waals surface area contributed by atoms with Crippen molar-refractivity contribution >= 4 is 17.3 Å². The van der Waals surface area contributed by atoms with E-state index in [1.165, 1.54) is 6.33 Å². The van der Waals surface area contributed by atoms with E-state index in [9.17, 15) is 10.1 Å². The molecule has 19 heavy (non-hydrogen) atoms. The van der Waals surface area contributed by atoms with E-state index in [1.54, 1.807) is 0 Å². The third kappa shape index (κ3) is 2.42. The van der Waals surface area contributed by atoms with Crippen LogP contribution in [0, 0.1) is 10.1 Å². The number of rotatable bonds is 4. The van der Waals surface area contributed by atoms with Crippen molar-refractivity contribution in [3.63, 3.8) is 0 Å². The molecule has 2 rings (SSSR count). The van der Waals surface area contributed by atoms with Crippen molar-refractivity contribution in [2.45, 2.75) is 31.9 Å². The van der Waals surface area contributed by atoms with Crippen LogP contribution in [0.5, 0.6) is 0 Å². The Kier molecular flexibility index (Phi) is 3.49. The number of hydrogen-bond donors (Lipinski definition) is 3. The topological polar surface area (TPSA) is 128 Å². The standard InChI is InChI=1S/C10H16N6O3/c1-6-10(2,3-4-19-6)14-8-7(16(17)18)9(15-11)13-5-12-8/h5-6H,3-4,11H2,1-2H3,(H2,12,13,14,15). The first-order chi connectivity index (χ1) is 8.98. The maximum Gasteiger partial charge on any atom is 0.354 e. The number of ether oxygens (including phenoxy) is 1. The van der Waals surface area contributed by atoms with Crippen molar-refractivity contribution in [1.82, 2.24) is 9.97 Å². The van der Waals surface area contributed by atoms with Crippen molar-refractivity contribution in [3.05, 3.63) is 16.4 Å². The summed E-state index contributed by atoms with van der Waals surface area (Å²) in [5.74, 6) is 5.33. The van der Waals surface area contributed by atoms with Crippen molar-refractivity contribution in [3.8, 4) is 0 Å². The molecule has 0 spiro atoms. The predicted molar refractivity (Wildman–Crippen MR) is 68.6 cm³/mol. The molecular weight excluding hydrogens is 252 g/mol. The molecule has 0 amide bonds. The third-order valence-electron chi connectivity index (χ3n) is 3.43.